The van der Waals surface area contributed by atoms with Gasteiger partial charge in [0, 0.05) is 11.8 Å². The molecule has 0 saturated carbocycles. The SMILES string of the molecule is CNCC(F)(F)c1ccc(S(C)(=O)=O)cc1. The van der Waals surface area contributed by atoms with Crippen molar-refractivity contribution in [1.29, 1.82) is 0 Å². The van der Waals surface area contributed by atoms with E-state index < -0.39 is 22.3 Å². The Morgan fingerprint density at radius 1 is 1.25 bits per heavy atom. The molecule has 0 heterocycles. The predicted octanol–water partition coefficient (Wildman–Crippen LogP) is 1.40. The quantitative estimate of drug-likeness (QED) is 0.877. The summed E-state index contributed by atoms with van der Waals surface area (Å²) in [4.78, 5) is 0.0384. The molecule has 1 rings (SSSR count). The molecule has 0 aliphatic carbocycles. The van der Waals surface area contributed by atoms with Crippen molar-refractivity contribution in [2.45, 2.75) is 10.8 Å². The molecule has 3 nitrogen and oxygen atoms in total. The second kappa shape index (κ2) is 4.47. The van der Waals surface area contributed by atoms with Crippen LogP contribution in [0.3, 0.4) is 0 Å². The summed E-state index contributed by atoms with van der Waals surface area (Å²) >= 11 is 0. The number of nitrogens with one attached hydrogen (secondary N) is 1. The van der Waals surface area contributed by atoms with Crippen molar-refractivity contribution in [2.75, 3.05) is 19.8 Å². The summed E-state index contributed by atoms with van der Waals surface area (Å²) in [6.45, 7) is -0.481. The Morgan fingerprint density at radius 3 is 2.12 bits per heavy atom. The molecule has 0 aliphatic rings. The predicted molar refractivity (Wildman–Crippen MR) is 57.4 cm³/mol. The first kappa shape index (κ1) is 13.1. The van der Waals surface area contributed by atoms with Crippen LogP contribution in [0.5, 0.6) is 0 Å². The van der Waals surface area contributed by atoms with Gasteiger partial charge in [0.15, 0.2) is 9.84 Å². The molecular formula is C10H13F2NO2S. The minimum atomic E-state index is -3.34. The van der Waals surface area contributed by atoms with E-state index in [9.17, 15) is 17.2 Å². The lowest BCUT2D eigenvalue weighted by Crippen LogP contribution is -2.28. The first-order valence-corrected chi connectivity index (χ1v) is 6.49. The lowest BCUT2D eigenvalue weighted by atomic mass is 10.1. The van der Waals surface area contributed by atoms with Gasteiger partial charge in [-0.15, -0.1) is 0 Å². The Hall–Kier alpha value is -1.01. The first-order valence-electron chi connectivity index (χ1n) is 4.60. The van der Waals surface area contributed by atoms with Crippen molar-refractivity contribution in [2.24, 2.45) is 0 Å². The van der Waals surface area contributed by atoms with Gasteiger partial charge in [-0.3, -0.25) is 0 Å². The summed E-state index contributed by atoms with van der Waals surface area (Å²) in [5, 5.41) is 2.38. The van der Waals surface area contributed by atoms with E-state index in [1.54, 1.807) is 0 Å². The Balaban J connectivity index is 3.04. The van der Waals surface area contributed by atoms with Gasteiger partial charge in [0.2, 0.25) is 0 Å². The lowest BCUT2D eigenvalue weighted by Gasteiger charge is -2.16. The van der Waals surface area contributed by atoms with E-state index in [1.165, 1.54) is 19.2 Å². The minimum absolute atomic E-state index is 0.0384. The Labute approximate surface area is 93.4 Å². The summed E-state index contributed by atoms with van der Waals surface area (Å²) in [6.07, 6.45) is 1.04. The number of rotatable bonds is 4. The number of hydrogen-bond donors (Lipinski definition) is 1. The molecule has 0 radical (unpaired) electrons. The summed E-state index contributed by atoms with van der Waals surface area (Å²) in [5.41, 5.74) is -0.200. The fourth-order valence-corrected chi connectivity index (χ4v) is 1.90. The van der Waals surface area contributed by atoms with E-state index in [-0.39, 0.29) is 10.5 Å². The van der Waals surface area contributed by atoms with Crippen LogP contribution in [0, 0.1) is 0 Å². The molecule has 0 unspecified atom stereocenters. The van der Waals surface area contributed by atoms with Gasteiger partial charge in [-0.1, -0.05) is 12.1 Å². The van der Waals surface area contributed by atoms with E-state index in [0.717, 1.165) is 18.4 Å². The molecule has 0 spiro atoms. The standard InChI is InChI=1S/C10H13F2NO2S/c1-13-7-10(11,12)8-3-5-9(6-4-8)16(2,14)15/h3-6,13H,7H2,1-2H3. The molecule has 6 heteroatoms. The van der Waals surface area contributed by atoms with Crippen molar-refractivity contribution in [3.8, 4) is 0 Å². The average molecular weight is 249 g/mol. The molecule has 90 valence electrons. The number of halogens is 2. The zero-order valence-electron chi connectivity index (χ0n) is 9.00. The molecule has 1 aromatic carbocycles. The van der Waals surface area contributed by atoms with Crippen LogP contribution in [0.1, 0.15) is 5.56 Å². The maximum atomic E-state index is 13.4. The van der Waals surface area contributed by atoms with E-state index in [1.807, 2.05) is 0 Å². The highest BCUT2D eigenvalue weighted by Crippen LogP contribution is 2.27. The average Bonchev–Trinajstić information content (AvgIpc) is 2.16. The molecule has 16 heavy (non-hydrogen) atoms. The molecule has 1 aromatic rings. The molecule has 0 amide bonds. The van der Waals surface area contributed by atoms with Gasteiger partial charge in [-0.25, -0.2) is 8.42 Å². The Kier molecular flexibility index (Phi) is 3.64. The number of alkyl halides is 2. The van der Waals surface area contributed by atoms with Gasteiger partial charge in [-0.2, -0.15) is 8.78 Å². The van der Waals surface area contributed by atoms with Crippen molar-refractivity contribution in [3.63, 3.8) is 0 Å². The maximum Gasteiger partial charge on any atom is 0.285 e. The molecule has 0 atom stereocenters. The highest BCUT2D eigenvalue weighted by atomic mass is 32.2. The summed E-state index contributed by atoms with van der Waals surface area (Å²) in [5.74, 6) is -3.00. The van der Waals surface area contributed by atoms with Gasteiger partial charge < -0.3 is 5.32 Å². The van der Waals surface area contributed by atoms with Gasteiger partial charge in [0.25, 0.3) is 5.92 Å². The van der Waals surface area contributed by atoms with Crippen LogP contribution < -0.4 is 5.32 Å². The highest BCUT2D eigenvalue weighted by molar-refractivity contribution is 7.90. The monoisotopic (exact) mass is 249 g/mol. The second-order valence-electron chi connectivity index (χ2n) is 3.53. The zero-order valence-corrected chi connectivity index (χ0v) is 9.81. The second-order valence-corrected chi connectivity index (χ2v) is 5.55. The molecule has 0 fully saturated rings. The molecule has 1 N–H and O–H groups in total. The van der Waals surface area contributed by atoms with Crippen LogP contribution in [-0.2, 0) is 15.8 Å². The number of sulfone groups is 1. The normalized spacial score (nSPS) is 12.8. The topological polar surface area (TPSA) is 46.2 Å². The Morgan fingerprint density at radius 2 is 1.75 bits per heavy atom. The van der Waals surface area contributed by atoms with E-state index >= 15 is 0 Å². The van der Waals surface area contributed by atoms with Crippen LogP contribution in [-0.4, -0.2) is 28.3 Å². The van der Waals surface area contributed by atoms with Gasteiger partial charge in [-0.05, 0) is 19.2 Å². The van der Waals surface area contributed by atoms with Crippen LogP contribution in [0.4, 0.5) is 8.78 Å². The fraction of sp³-hybridized carbons (Fsp3) is 0.400. The van der Waals surface area contributed by atoms with Crippen molar-refractivity contribution >= 4 is 9.84 Å². The van der Waals surface area contributed by atoms with Gasteiger partial charge in [0.1, 0.15) is 0 Å². The van der Waals surface area contributed by atoms with E-state index in [0.29, 0.717) is 0 Å². The van der Waals surface area contributed by atoms with Crippen molar-refractivity contribution < 1.29 is 17.2 Å². The molecule has 0 aliphatic heterocycles. The third-order valence-corrected chi connectivity index (χ3v) is 3.23. The molecule has 0 aromatic heterocycles. The minimum Gasteiger partial charge on any atom is -0.314 e. The van der Waals surface area contributed by atoms with Crippen LogP contribution in [0.2, 0.25) is 0 Å². The van der Waals surface area contributed by atoms with Crippen molar-refractivity contribution in [3.05, 3.63) is 29.8 Å². The summed E-state index contributed by atoms with van der Waals surface area (Å²) < 4.78 is 49.0. The third-order valence-electron chi connectivity index (χ3n) is 2.10. The largest absolute Gasteiger partial charge is 0.314 e. The number of benzene rings is 1. The van der Waals surface area contributed by atoms with Crippen LogP contribution in [0.15, 0.2) is 29.2 Å². The molecular weight excluding hydrogens is 236 g/mol. The van der Waals surface area contributed by atoms with Crippen LogP contribution in [0.25, 0.3) is 0 Å². The summed E-state index contributed by atoms with van der Waals surface area (Å²) in [7, 11) is -1.91. The van der Waals surface area contributed by atoms with Gasteiger partial charge in [0.05, 0.1) is 11.4 Å². The highest BCUT2D eigenvalue weighted by Gasteiger charge is 2.30. The lowest BCUT2D eigenvalue weighted by molar-refractivity contribution is -0.00130. The van der Waals surface area contributed by atoms with E-state index in [4.69, 9.17) is 0 Å². The summed E-state index contributed by atoms with van der Waals surface area (Å²) in [6, 6.07) is 4.64. The smallest absolute Gasteiger partial charge is 0.285 e. The van der Waals surface area contributed by atoms with Crippen LogP contribution >= 0.6 is 0 Å². The molecule has 0 saturated heterocycles. The Bertz CT molecular complexity index is 454. The first-order chi connectivity index (χ1) is 7.27. The van der Waals surface area contributed by atoms with Gasteiger partial charge >= 0.3 is 0 Å². The number of likely N-dealkylation sites (N-methyl/N-ethyl adjacent to an activating group) is 1. The maximum absolute atomic E-state index is 13.4. The molecule has 0 bridgehead atoms. The zero-order chi connectivity index (χ0) is 12.4. The van der Waals surface area contributed by atoms with E-state index in [2.05, 4.69) is 5.32 Å². The van der Waals surface area contributed by atoms with Crippen molar-refractivity contribution in [1.82, 2.24) is 5.32 Å². The third kappa shape index (κ3) is 2.99. The number of hydrogen-bond acceptors (Lipinski definition) is 3. The fourth-order valence-electron chi connectivity index (χ4n) is 1.27.